The van der Waals surface area contributed by atoms with Crippen molar-refractivity contribution < 1.29 is 9.53 Å². The summed E-state index contributed by atoms with van der Waals surface area (Å²) in [4.78, 5) is 11.5. The number of fused-ring (bicyclic) bond motifs is 1. The number of carbonyl (C=O) groups excluding carboxylic acids is 1. The predicted octanol–water partition coefficient (Wildman–Crippen LogP) is 3.76. The summed E-state index contributed by atoms with van der Waals surface area (Å²) in [5.74, 6) is -0.449. The van der Waals surface area contributed by atoms with Crippen LogP contribution in [0.1, 0.15) is 24.0 Å². The molecule has 0 spiro atoms. The van der Waals surface area contributed by atoms with E-state index in [1.807, 2.05) is 43.3 Å². The second kappa shape index (κ2) is 5.05. The van der Waals surface area contributed by atoms with Crippen LogP contribution in [0.5, 0.6) is 0 Å². The van der Waals surface area contributed by atoms with Crippen LogP contribution in [0.25, 0.3) is 16.8 Å². The Kier molecular flexibility index (Phi) is 3.47. The van der Waals surface area contributed by atoms with E-state index in [4.69, 9.17) is 4.74 Å². The largest absolute Gasteiger partial charge is 0.469 e. The van der Waals surface area contributed by atoms with Gasteiger partial charge in [0.1, 0.15) is 0 Å². The molecule has 0 bridgehead atoms. The molecule has 0 unspecified atom stereocenters. The molecule has 0 aliphatic heterocycles. The lowest BCUT2D eigenvalue weighted by Crippen LogP contribution is -2.10. The standard InChI is InChI=1S/C16H16O2/c1-4-12-5-6-15-10-13(7-8-14(15)9-12)11(2)16(17)18-3/h4-11H,1H2,2-3H3/t11-/m0/s1. The predicted molar refractivity (Wildman–Crippen MR) is 74.5 cm³/mol. The highest BCUT2D eigenvalue weighted by atomic mass is 16.5. The van der Waals surface area contributed by atoms with Gasteiger partial charge in [0.05, 0.1) is 13.0 Å². The van der Waals surface area contributed by atoms with Crippen molar-refractivity contribution in [3.05, 3.63) is 54.1 Å². The van der Waals surface area contributed by atoms with Crippen LogP contribution in [-0.2, 0) is 9.53 Å². The Morgan fingerprint density at radius 3 is 2.56 bits per heavy atom. The number of ether oxygens (including phenoxy) is 1. The van der Waals surface area contributed by atoms with Crippen LogP contribution in [0.4, 0.5) is 0 Å². The van der Waals surface area contributed by atoms with Gasteiger partial charge in [0.25, 0.3) is 0 Å². The van der Waals surface area contributed by atoms with Gasteiger partial charge in [-0.25, -0.2) is 0 Å². The second-order valence-electron chi connectivity index (χ2n) is 4.31. The molecule has 18 heavy (non-hydrogen) atoms. The smallest absolute Gasteiger partial charge is 0.312 e. The maximum absolute atomic E-state index is 11.5. The van der Waals surface area contributed by atoms with E-state index in [1.54, 1.807) is 0 Å². The molecule has 0 fully saturated rings. The SMILES string of the molecule is C=Cc1ccc2cc([C@H](C)C(=O)OC)ccc2c1. The third-order valence-corrected chi connectivity index (χ3v) is 3.18. The van der Waals surface area contributed by atoms with Crippen LogP contribution >= 0.6 is 0 Å². The van der Waals surface area contributed by atoms with Crippen molar-refractivity contribution >= 4 is 22.8 Å². The Hall–Kier alpha value is -2.09. The molecular formula is C16H16O2. The van der Waals surface area contributed by atoms with E-state index in [-0.39, 0.29) is 11.9 Å². The number of esters is 1. The van der Waals surface area contributed by atoms with E-state index in [9.17, 15) is 4.79 Å². The zero-order valence-corrected chi connectivity index (χ0v) is 10.6. The van der Waals surface area contributed by atoms with Gasteiger partial charge < -0.3 is 4.74 Å². The molecule has 0 saturated heterocycles. The minimum Gasteiger partial charge on any atom is -0.469 e. The summed E-state index contributed by atoms with van der Waals surface area (Å²) in [5.41, 5.74) is 2.07. The molecule has 0 heterocycles. The third kappa shape index (κ3) is 2.28. The van der Waals surface area contributed by atoms with Gasteiger partial charge in [-0.1, -0.05) is 43.0 Å². The summed E-state index contributed by atoms with van der Waals surface area (Å²) in [6.45, 7) is 5.61. The van der Waals surface area contributed by atoms with Crippen LogP contribution in [0.15, 0.2) is 43.0 Å². The summed E-state index contributed by atoms with van der Waals surface area (Å²) >= 11 is 0. The van der Waals surface area contributed by atoms with Crippen LogP contribution in [0.2, 0.25) is 0 Å². The van der Waals surface area contributed by atoms with Crippen molar-refractivity contribution in [2.45, 2.75) is 12.8 Å². The van der Waals surface area contributed by atoms with E-state index >= 15 is 0 Å². The fourth-order valence-corrected chi connectivity index (χ4v) is 1.99. The third-order valence-electron chi connectivity index (χ3n) is 3.18. The molecule has 2 nitrogen and oxygen atoms in total. The minimum absolute atomic E-state index is 0.211. The number of benzene rings is 2. The fourth-order valence-electron chi connectivity index (χ4n) is 1.99. The number of carbonyl (C=O) groups is 1. The first kappa shape index (κ1) is 12.4. The molecule has 0 amide bonds. The van der Waals surface area contributed by atoms with Gasteiger partial charge in [-0.3, -0.25) is 4.79 Å². The Labute approximate surface area is 107 Å². The molecule has 2 aromatic rings. The van der Waals surface area contributed by atoms with E-state index in [0.717, 1.165) is 21.9 Å². The highest BCUT2D eigenvalue weighted by molar-refractivity contribution is 5.87. The monoisotopic (exact) mass is 240 g/mol. The maximum atomic E-state index is 11.5. The molecule has 2 aromatic carbocycles. The molecule has 0 N–H and O–H groups in total. The first-order valence-corrected chi connectivity index (χ1v) is 5.89. The number of methoxy groups -OCH3 is 1. The zero-order valence-electron chi connectivity index (χ0n) is 10.6. The molecule has 0 aromatic heterocycles. The average Bonchev–Trinajstić information content (AvgIpc) is 2.44. The van der Waals surface area contributed by atoms with Gasteiger partial charge in [0.2, 0.25) is 0 Å². The first-order chi connectivity index (χ1) is 8.65. The summed E-state index contributed by atoms with van der Waals surface area (Å²) in [5, 5.41) is 2.27. The highest BCUT2D eigenvalue weighted by Gasteiger charge is 2.15. The number of hydrogen-bond donors (Lipinski definition) is 0. The van der Waals surface area contributed by atoms with Crippen molar-refractivity contribution in [3.63, 3.8) is 0 Å². The lowest BCUT2D eigenvalue weighted by Gasteiger charge is -2.10. The second-order valence-corrected chi connectivity index (χ2v) is 4.31. The molecule has 0 saturated carbocycles. The summed E-state index contributed by atoms with van der Waals surface area (Å²) in [6.07, 6.45) is 1.82. The van der Waals surface area contributed by atoms with Gasteiger partial charge in [0.15, 0.2) is 0 Å². The summed E-state index contributed by atoms with van der Waals surface area (Å²) < 4.78 is 4.76. The van der Waals surface area contributed by atoms with E-state index in [0.29, 0.717) is 0 Å². The van der Waals surface area contributed by atoms with Crippen LogP contribution in [0, 0.1) is 0 Å². The molecule has 2 rings (SSSR count). The highest BCUT2D eigenvalue weighted by Crippen LogP contribution is 2.23. The number of rotatable bonds is 3. The Balaban J connectivity index is 2.44. The average molecular weight is 240 g/mol. The van der Waals surface area contributed by atoms with Gasteiger partial charge >= 0.3 is 5.97 Å². The molecule has 92 valence electrons. The lowest BCUT2D eigenvalue weighted by atomic mass is 9.97. The lowest BCUT2D eigenvalue weighted by molar-refractivity contribution is -0.141. The van der Waals surface area contributed by atoms with Crippen molar-refractivity contribution in [1.82, 2.24) is 0 Å². The number of hydrogen-bond acceptors (Lipinski definition) is 2. The van der Waals surface area contributed by atoms with Gasteiger partial charge in [-0.2, -0.15) is 0 Å². The topological polar surface area (TPSA) is 26.3 Å². The van der Waals surface area contributed by atoms with E-state index in [2.05, 4.69) is 12.6 Å². The Bertz CT molecular complexity index is 599. The van der Waals surface area contributed by atoms with Crippen molar-refractivity contribution in [2.24, 2.45) is 0 Å². The first-order valence-electron chi connectivity index (χ1n) is 5.89. The molecule has 0 aliphatic rings. The van der Waals surface area contributed by atoms with Crippen molar-refractivity contribution in [2.75, 3.05) is 7.11 Å². The molecule has 1 atom stereocenters. The molecule has 0 aliphatic carbocycles. The molecule has 2 heteroatoms. The maximum Gasteiger partial charge on any atom is 0.312 e. The van der Waals surface area contributed by atoms with E-state index in [1.165, 1.54) is 7.11 Å². The zero-order chi connectivity index (χ0) is 13.1. The normalized spacial score (nSPS) is 12.1. The van der Waals surface area contributed by atoms with Gasteiger partial charge in [-0.05, 0) is 34.9 Å². The Morgan fingerprint density at radius 2 is 1.89 bits per heavy atom. The summed E-state index contributed by atoms with van der Waals surface area (Å²) in [7, 11) is 1.41. The van der Waals surface area contributed by atoms with Crippen LogP contribution < -0.4 is 0 Å². The van der Waals surface area contributed by atoms with Gasteiger partial charge in [0, 0.05) is 0 Å². The van der Waals surface area contributed by atoms with E-state index < -0.39 is 0 Å². The molecular weight excluding hydrogens is 224 g/mol. The quantitative estimate of drug-likeness (QED) is 0.763. The summed E-state index contributed by atoms with van der Waals surface area (Å²) in [6, 6.07) is 12.2. The molecule has 0 radical (unpaired) electrons. The van der Waals surface area contributed by atoms with Gasteiger partial charge in [-0.15, -0.1) is 0 Å². The van der Waals surface area contributed by atoms with Crippen molar-refractivity contribution in [1.29, 1.82) is 0 Å². The fraction of sp³-hybridized carbons (Fsp3) is 0.188. The minimum atomic E-state index is -0.238. The van der Waals surface area contributed by atoms with Crippen molar-refractivity contribution in [3.8, 4) is 0 Å². The Morgan fingerprint density at radius 1 is 1.22 bits per heavy atom. The van der Waals surface area contributed by atoms with Crippen LogP contribution in [-0.4, -0.2) is 13.1 Å². The van der Waals surface area contributed by atoms with Crippen LogP contribution in [0.3, 0.4) is 0 Å².